The Balaban J connectivity index is 1.64. The Morgan fingerprint density at radius 3 is 2.00 bits per heavy atom. The van der Waals surface area contributed by atoms with Crippen LogP contribution < -0.4 is 0 Å². The van der Waals surface area contributed by atoms with E-state index in [1.165, 1.54) is 11.1 Å². The minimum Gasteiger partial charge on any atom is -0.512 e. The van der Waals surface area contributed by atoms with Gasteiger partial charge >= 0.3 is 0 Å². The molecule has 3 aliphatic rings. The van der Waals surface area contributed by atoms with E-state index in [1.807, 2.05) is 24.3 Å². The monoisotopic (exact) mass is 472 g/mol. The molecule has 4 heteroatoms. The molecule has 0 aromatic heterocycles. The molecule has 2 aliphatic carbocycles. The molecule has 1 heterocycles. The molecule has 0 radical (unpaired) electrons. The van der Waals surface area contributed by atoms with Crippen molar-refractivity contribution >= 4 is 11.4 Å². The Bertz CT molecular complexity index is 1220. The van der Waals surface area contributed by atoms with Gasteiger partial charge in [0.25, 0.3) is 0 Å². The fourth-order valence-corrected chi connectivity index (χ4v) is 5.75. The number of carbonyl (C=O) groups is 1. The van der Waals surface area contributed by atoms with Gasteiger partial charge in [-0.1, -0.05) is 70.2 Å². The van der Waals surface area contributed by atoms with Gasteiger partial charge < -0.3 is 14.6 Å². The number of aliphatic hydroxyl groups is 1. The first kappa shape index (κ1) is 24.0. The van der Waals surface area contributed by atoms with Crippen molar-refractivity contribution < 1.29 is 19.4 Å². The molecule has 184 valence electrons. The van der Waals surface area contributed by atoms with E-state index in [0.29, 0.717) is 38.0 Å². The number of carbonyl (C=O) groups excluding carboxylic acids is 1. The summed E-state index contributed by atoms with van der Waals surface area (Å²) in [5, 5.41) is 10.4. The molecule has 2 aromatic rings. The lowest BCUT2D eigenvalue weighted by molar-refractivity contribution is -0.249. The van der Waals surface area contributed by atoms with Gasteiger partial charge in [0.2, 0.25) is 5.79 Å². The van der Waals surface area contributed by atoms with E-state index in [0.717, 1.165) is 28.7 Å². The number of hydrogen-bond acceptors (Lipinski definition) is 4. The highest BCUT2D eigenvalue weighted by Crippen LogP contribution is 2.46. The van der Waals surface area contributed by atoms with Crippen LogP contribution in [0.15, 0.2) is 54.3 Å². The zero-order valence-corrected chi connectivity index (χ0v) is 21.5. The summed E-state index contributed by atoms with van der Waals surface area (Å²) >= 11 is 0. The zero-order chi connectivity index (χ0) is 25.0. The Morgan fingerprint density at radius 2 is 1.40 bits per heavy atom. The van der Waals surface area contributed by atoms with Crippen molar-refractivity contribution in [3.8, 4) is 0 Å². The standard InChI is InChI=1S/C31H36O4/c1-20-18-24-25(30(4,5)15-14-29(24,2)3)19-23(20)31(34-16-7-17-35-31)22-12-10-21(11-13-22)28-26(32)8-6-9-27(28)33/h10-15,18-19,32H,6-9,16-17H2,1-5H3. The molecule has 0 saturated carbocycles. The highest BCUT2D eigenvalue weighted by atomic mass is 16.7. The lowest BCUT2D eigenvalue weighted by atomic mass is 9.66. The number of Topliss-reactive ketones (excluding diaryl/α,β-unsaturated/α-hetero) is 1. The van der Waals surface area contributed by atoms with Crippen LogP contribution in [0.1, 0.15) is 86.8 Å². The second-order valence-electron chi connectivity index (χ2n) is 11.3. The topological polar surface area (TPSA) is 55.8 Å². The second kappa shape index (κ2) is 8.46. The maximum Gasteiger partial charge on any atom is 0.222 e. The quantitative estimate of drug-likeness (QED) is 0.500. The first-order chi connectivity index (χ1) is 16.6. The third-order valence-corrected chi connectivity index (χ3v) is 7.86. The fraction of sp³-hybridized carbons (Fsp3) is 0.452. The van der Waals surface area contributed by atoms with Gasteiger partial charge in [-0.25, -0.2) is 0 Å². The lowest BCUT2D eigenvalue weighted by Crippen LogP contribution is -2.40. The molecular weight excluding hydrogens is 436 g/mol. The number of benzene rings is 2. The molecule has 35 heavy (non-hydrogen) atoms. The first-order valence-corrected chi connectivity index (χ1v) is 12.8. The third kappa shape index (κ3) is 3.97. The lowest BCUT2D eigenvalue weighted by Gasteiger charge is -2.42. The number of aliphatic hydroxyl groups excluding tert-OH is 1. The zero-order valence-electron chi connectivity index (χ0n) is 21.5. The van der Waals surface area contributed by atoms with E-state index in [4.69, 9.17) is 9.47 Å². The number of ketones is 1. The van der Waals surface area contributed by atoms with E-state index in [9.17, 15) is 9.90 Å². The maximum absolute atomic E-state index is 12.5. The maximum atomic E-state index is 12.5. The van der Waals surface area contributed by atoms with Crippen LogP contribution in [0, 0.1) is 6.92 Å². The number of fused-ring (bicyclic) bond motifs is 1. The average Bonchev–Trinajstić information content (AvgIpc) is 2.83. The van der Waals surface area contributed by atoms with Crippen LogP contribution in [-0.2, 0) is 30.9 Å². The molecule has 1 saturated heterocycles. The molecule has 0 amide bonds. The van der Waals surface area contributed by atoms with E-state index in [1.54, 1.807) is 0 Å². The number of rotatable bonds is 3. The van der Waals surface area contributed by atoms with E-state index in [2.05, 4.69) is 58.9 Å². The van der Waals surface area contributed by atoms with Crippen LogP contribution in [0.5, 0.6) is 0 Å². The molecule has 1 fully saturated rings. The van der Waals surface area contributed by atoms with Crippen molar-refractivity contribution in [1.82, 2.24) is 0 Å². The largest absolute Gasteiger partial charge is 0.512 e. The fourth-order valence-electron chi connectivity index (χ4n) is 5.75. The molecular formula is C31H36O4. The average molecular weight is 473 g/mol. The Labute approximate surface area is 208 Å². The third-order valence-electron chi connectivity index (χ3n) is 7.86. The van der Waals surface area contributed by atoms with Crippen LogP contribution in [0.2, 0.25) is 0 Å². The summed E-state index contributed by atoms with van der Waals surface area (Å²) in [6.45, 7) is 12.4. The number of hydrogen-bond donors (Lipinski definition) is 1. The van der Waals surface area contributed by atoms with Gasteiger partial charge in [0, 0.05) is 34.8 Å². The van der Waals surface area contributed by atoms with E-state index < -0.39 is 5.79 Å². The van der Waals surface area contributed by atoms with Crippen molar-refractivity contribution in [2.24, 2.45) is 0 Å². The van der Waals surface area contributed by atoms with Crippen LogP contribution in [0.4, 0.5) is 0 Å². The minimum atomic E-state index is -1.01. The van der Waals surface area contributed by atoms with Crippen LogP contribution >= 0.6 is 0 Å². The molecule has 4 nitrogen and oxygen atoms in total. The summed E-state index contributed by atoms with van der Waals surface area (Å²) in [5.74, 6) is -0.813. The summed E-state index contributed by atoms with van der Waals surface area (Å²) in [4.78, 5) is 12.5. The number of ether oxygens (including phenoxy) is 2. The smallest absolute Gasteiger partial charge is 0.222 e. The van der Waals surface area contributed by atoms with Crippen molar-refractivity contribution in [3.05, 3.63) is 87.7 Å². The number of allylic oxidation sites excluding steroid dienone is 4. The van der Waals surface area contributed by atoms with Crippen LogP contribution in [0.25, 0.3) is 5.57 Å². The van der Waals surface area contributed by atoms with Gasteiger partial charge in [-0.3, -0.25) is 4.79 Å². The molecule has 5 rings (SSSR count). The van der Waals surface area contributed by atoms with Gasteiger partial charge in [-0.05, 0) is 48.1 Å². The molecule has 0 atom stereocenters. The predicted octanol–water partition coefficient (Wildman–Crippen LogP) is 6.78. The Kier molecular flexibility index (Phi) is 5.81. The first-order valence-electron chi connectivity index (χ1n) is 12.8. The predicted molar refractivity (Wildman–Crippen MR) is 139 cm³/mol. The summed E-state index contributed by atoms with van der Waals surface area (Å²) in [5.41, 5.74) is 6.75. The molecule has 0 bridgehead atoms. The van der Waals surface area contributed by atoms with Crippen molar-refractivity contribution in [2.75, 3.05) is 13.2 Å². The van der Waals surface area contributed by atoms with Gasteiger partial charge in [-0.2, -0.15) is 0 Å². The van der Waals surface area contributed by atoms with Crippen molar-refractivity contribution in [1.29, 1.82) is 0 Å². The Hall–Kier alpha value is -2.69. The van der Waals surface area contributed by atoms with E-state index >= 15 is 0 Å². The minimum absolute atomic E-state index is 0.00446. The summed E-state index contributed by atoms with van der Waals surface area (Å²) < 4.78 is 13.0. The summed E-state index contributed by atoms with van der Waals surface area (Å²) in [6.07, 6.45) is 7.20. The molecule has 0 unspecified atom stereocenters. The van der Waals surface area contributed by atoms with E-state index in [-0.39, 0.29) is 22.4 Å². The molecule has 1 aliphatic heterocycles. The summed E-state index contributed by atoms with van der Waals surface area (Å²) in [7, 11) is 0. The SMILES string of the molecule is Cc1cc2c(cc1C1(c3ccc(C4=C(O)CCCC4=O)cc3)OCCCO1)C(C)(C)C=CC2(C)C. The number of aryl methyl sites for hydroxylation is 1. The summed E-state index contributed by atoms with van der Waals surface area (Å²) in [6, 6.07) is 12.4. The van der Waals surface area contributed by atoms with Crippen molar-refractivity contribution in [3.63, 3.8) is 0 Å². The highest BCUT2D eigenvalue weighted by Gasteiger charge is 2.43. The molecule has 1 N–H and O–H groups in total. The van der Waals surface area contributed by atoms with Crippen LogP contribution in [0.3, 0.4) is 0 Å². The van der Waals surface area contributed by atoms with Gasteiger partial charge in [0.15, 0.2) is 5.78 Å². The molecule has 0 spiro atoms. The Morgan fingerprint density at radius 1 is 0.800 bits per heavy atom. The highest BCUT2D eigenvalue weighted by molar-refractivity contribution is 6.21. The van der Waals surface area contributed by atoms with Gasteiger partial charge in [-0.15, -0.1) is 0 Å². The van der Waals surface area contributed by atoms with Crippen molar-refractivity contribution in [2.45, 2.75) is 76.9 Å². The van der Waals surface area contributed by atoms with Gasteiger partial charge in [0.1, 0.15) is 5.76 Å². The molecule has 2 aromatic carbocycles. The van der Waals surface area contributed by atoms with Crippen LogP contribution in [-0.4, -0.2) is 24.1 Å². The normalized spacial score (nSPS) is 22.7. The van der Waals surface area contributed by atoms with Gasteiger partial charge in [0.05, 0.1) is 18.8 Å². The second-order valence-corrected chi connectivity index (χ2v) is 11.3.